The Bertz CT molecular complexity index is 506. The highest BCUT2D eigenvalue weighted by Gasteiger charge is 2.28. The van der Waals surface area contributed by atoms with Gasteiger partial charge in [-0.25, -0.2) is 0 Å². The van der Waals surface area contributed by atoms with E-state index in [1.54, 1.807) is 6.20 Å². The van der Waals surface area contributed by atoms with Crippen molar-refractivity contribution in [2.45, 2.75) is 31.8 Å². The number of aromatic nitrogens is 2. The van der Waals surface area contributed by atoms with Crippen molar-refractivity contribution >= 4 is 11.7 Å². The van der Waals surface area contributed by atoms with Gasteiger partial charge >= 0.3 is 0 Å². The van der Waals surface area contributed by atoms with Crippen molar-refractivity contribution in [3.8, 4) is 0 Å². The van der Waals surface area contributed by atoms with Gasteiger partial charge in [-0.15, -0.1) is 5.10 Å². The molecule has 1 amide bonds. The van der Waals surface area contributed by atoms with Gasteiger partial charge in [0.1, 0.15) is 0 Å². The van der Waals surface area contributed by atoms with Gasteiger partial charge in [-0.3, -0.25) is 4.79 Å². The second kappa shape index (κ2) is 7.70. The fourth-order valence-corrected chi connectivity index (χ4v) is 3.25. The topological polar surface area (TPSA) is 70.6 Å². The van der Waals surface area contributed by atoms with Crippen molar-refractivity contribution in [2.75, 3.05) is 44.3 Å². The number of morpholine rings is 1. The predicted octanol–water partition coefficient (Wildman–Crippen LogP) is 0.282. The summed E-state index contributed by atoms with van der Waals surface area (Å²) in [6.07, 6.45) is 3.95. The third-order valence-corrected chi connectivity index (χ3v) is 4.58. The molecule has 3 heterocycles. The zero-order valence-electron chi connectivity index (χ0n) is 13.6. The fourth-order valence-electron chi connectivity index (χ4n) is 3.25. The van der Waals surface area contributed by atoms with E-state index >= 15 is 0 Å². The molecule has 23 heavy (non-hydrogen) atoms. The second-order valence-electron chi connectivity index (χ2n) is 6.14. The van der Waals surface area contributed by atoms with Crippen molar-refractivity contribution in [3.63, 3.8) is 0 Å². The van der Waals surface area contributed by atoms with Crippen LogP contribution in [0.1, 0.15) is 19.8 Å². The first-order valence-electron chi connectivity index (χ1n) is 8.40. The number of amides is 1. The molecule has 3 rings (SSSR count). The van der Waals surface area contributed by atoms with E-state index in [1.807, 2.05) is 24.0 Å². The average Bonchev–Trinajstić information content (AvgIpc) is 3.09. The Morgan fingerprint density at radius 1 is 1.43 bits per heavy atom. The molecule has 0 spiro atoms. The minimum Gasteiger partial charge on any atom is -0.378 e. The Balaban J connectivity index is 1.51. The highest BCUT2D eigenvalue weighted by molar-refractivity contribution is 5.81. The van der Waals surface area contributed by atoms with E-state index in [4.69, 9.17) is 4.74 Å². The number of nitrogens with zero attached hydrogens (tertiary/aromatic N) is 4. The van der Waals surface area contributed by atoms with Crippen LogP contribution < -0.4 is 10.2 Å². The zero-order chi connectivity index (χ0) is 16.1. The molecule has 126 valence electrons. The molecule has 2 saturated heterocycles. The lowest BCUT2D eigenvalue weighted by molar-refractivity contribution is -0.137. The van der Waals surface area contributed by atoms with Crippen molar-refractivity contribution < 1.29 is 9.53 Å². The van der Waals surface area contributed by atoms with Gasteiger partial charge in [0.2, 0.25) is 5.91 Å². The Labute approximate surface area is 137 Å². The maximum atomic E-state index is 12.4. The molecule has 2 aliphatic rings. The van der Waals surface area contributed by atoms with Gasteiger partial charge in [0.05, 0.1) is 19.3 Å². The van der Waals surface area contributed by atoms with Crippen molar-refractivity contribution in [2.24, 2.45) is 0 Å². The van der Waals surface area contributed by atoms with E-state index in [0.29, 0.717) is 32.3 Å². The van der Waals surface area contributed by atoms with E-state index < -0.39 is 0 Å². The molecule has 2 aliphatic heterocycles. The number of anilines is 1. The van der Waals surface area contributed by atoms with Crippen molar-refractivity contribution in [1.29, 1.82) is 0 Å². The molecule has 0 radical (unpaired) electrons. The summed E-state index contributed by atoms with van der Waals surface area (Å²) in [4.78, 5) is 16.6. The molecule has 1 N–H and O–H groups in total. The molecule has 1 aromatic rings. The van der Waals surface area contributed by atoms with Crippen LogP contribution in [0.5, 0.6) is 0 Å². The Hall–Kier alpha value is -1.73. The molecule has 1 aromatic heterocycles. The minimum atomic E-state index is -0.169. The van der Waals surface area contributed by atoms with E-state index in [0.717, 1.165) is 31.7 Å². The molecule has 0 unspecified atom stereocenters. The fraction of sp³-hybridized carbons (Fsp3) is 0.688. The van der Waals surface area contributed by atoms with Gasteiger partial charge in [0, 0.05) is 38.4 Å². The Kier molecular flexibility index (Phi) is 5.40. The maximum absolute atomic E-state index is 12.4. The average molecular weight is 319 g/mol. The van der Waals surface area contributed by atoms with Crippen LogP contribution in [0.4, 0.5) is 5.82 Å². The largest absolute Gasteiger partial charge is 0.378 e. The quantitative estimate of drug-likeness (QED) is 0.841. The van der Waals surface area contributed by atoms with Crippen LogP contribution in [-0.2, 0) is 9.53 Å². The smallest absolute Gasteiger partial charge is 0.239 e. The maximum Gasteiger partial charge on any atom is 0.239 e. The molecule has 0 bridgehead atoms. The summed E-state index contributed by atoms with van der Waals surface area (Å²) in [6, 6.07) is 4.10. The number of nitrogens with one attached hydrogen (secondary N) is 1. The van der Waals surface area contributed by atoms with Crippen LogP contribution in [0.15, 0.2) is 18.3 Å². The number of rotatable bonds is 5. The standard InChI is InChI=1S/C16H25N5O2/c1-13(16(22)20-8-10-23-11-9-20)17-12-14-4-3-7-21(14)15-5-2-6-18-19-15/h2,5-6,13-14,17H,3-4,7-12H2,1H3/t13-,14-/m1/s1. The number of carbonyl (C=O) groups excluding carboxylic acids is 1. The molecule has 2 fully saturated rings. The van der Waals surface area contributed by atoms with Crippen molar-refractivity contribution in [3.05, 3.63) is 18.3 Å². The SMILES string of the molecule is C[C@@H](NC[C@H]1CCCN1c1cccnn1)C(=O)N1CCOCC1. The predicted molar refractivity (Wildman–Crippen MR) is 87.3 cm³/mol. The van der Waals surface area contributed by atoms with E-state index in [-0.39, 0.29) is 11.9 Å². The van der Waals surface area contributed by atoms with Crippen LogP contribution in [0.2, 0.25) is 0 Å². The summed E-state index contributed by atoms with van der Waals surface area (Å²) in [5.74, 6) is 1.08. The normalized spacial score (nSPS) is 23.1. The summed E-state index contributed by atoms with van der Waals surface area (Å²) in [5, 5.41) is 11.6. The summed E-state index contributed by atoms with van der Waals surface area (Å²) >= 11 is 0. The lowest BCUT2D eigenvalue weighted by atomic mass is 10.2. The molecular weight excluding hydrogens is 294 g/mol. The third kappa shape index (κ3) is 3.97. The molecule has 7 heteroatoms. The van der Waals surface area contributed by atoms with Crippen LogP contribution in [-0.4, -0.2) is 72.5 Å². The number of hydrogen-bond acceptors (Lipinski definition) is 6. The molecule has 7 nitrogen and oxygen atoms in total. The monoisotopic (exact) mass is 319 g/mol. The number of carbonyl (C=O) groups is 1. The third-order valence-electron chi connectivity index (χ3n) is 4.58. The summed E-state index contributed by atoms with van der Waals surface area (Å²) in [5.41, 5.74) is 0. The molecule has 0 aromatic carbocycles. The zero-order valence-corrected chi connectivity index (χ0v) is 13.6. The van der Waals surface area contributed by atoms with Gasteiger partial charge in [-0.05, 0) is 31.9 Å². The molecular formula is C16H25N5O2. The number of hydrogen-bond donors (Lipinski definition) is 1. The summed E-state index contributed by atoms with van der Waals surface area (Å²) in [6.45, 7) is 6.40. The minimum absolute atomic E-state index is 0.164. The van der Waals surface area contributed by atoms with Gasteiger partial charge in [-0.1, -0.05) is 0 Å². The molecule has 0 saturated carbocycles. The first-order chi connectivity index (χ1) is 11.3. The van der Waals surface area contributed by atoms with Gasteiger partial charge in [0.15, 0.2) is 5.82 Å². The van der Waals surface area contributed by atoms with Gasteiger partial charge in [0.25, 0.3) is 0 Å². The first kappa shape index (κ1) is 16.1. The highest BCUT2D eigenvalue weighted by atomic mass is 16.5. The van der Waals surface area contributed by atoms with Gasteiger partial charge in [-0.2, -0.15) is 5.10 Å². The second-order valence-corrected chi connectivity index (χ2v) is 6.14. The van der Waals surface area contributed by atoms with Crippen LogP contribution in [0.3, 0.4) is 0 Å². The van der Waals surface area contributed by atoms with E-state index in [2.05, 4.69) is 20.4 Å². The summed E-state index contributed by atoms with van der Waals surface area (Å²) in [7, 11) is 0. The van der Waals surface area contributed by atoms with Crippen molar-refractivity contribution in [1.82, 2.24) is 20.4 Å². The Morgan fingerprint density at radius 2 is 2.26 bits per heavy atom. The van der Waals surface area contributed by atoms with Crippen LogP contribution in [0, 0.1) is 0 Å². The Morgan fingerprint density at radius 3 is 3.00 bits per heavy atom. The molecule has 0 aliphatic carbocycles. The van der Waals surface area contributed by atoms with Gasteiger partial charge < -0.3 is 19.9 Å². The van der Waals surface area contributed by atoms with Crippen LogP contribution in [0.25, 0.3) is 0 Å². The lowest BCUT2D eigenvalue weighted by Crippen LogP contribution is -2.51. The van der Waals surface area contributed by atoms with Crippen LogP contribution >= 0.6 is 0 Å². The lowest BCUT2D eigenvalue weighted by Gasteiger charge is -2.31. The van der Waals surface area contributed by atoms with E-state index in [1.165, 1.54) is 0 Å². The highest BCUT2D eigenvalue weighted by Crippen LogP contribution is 2.22. The molecule has 2 atom stereocenters. The van der Waals surface area contributed by atoms with E-state index in [9.17, 15) is 4.79 Å². The summed E-state index contributed by atoms with van der Waals surface area (Å²) < 4.78 is 5.30. The number of ether oxygens (including phenoxy) is 1. The first-order valence-corrected chi connectivity index (χ1v) is 8.40.